The summed E-state index contributed by atoms with van der Waals surface area (Å²) in [5.41, 5.74) is 3.47. The van der Waals surface area contributed by atoms with Crippen LogP contribution in [0.15, 0.2) is 46.9 Å². The van der Waals surface area contributed by atoms with Crippen molar-refractivity contribution in [2.75, 3.05) is 0 Å². The molecular weight excluding hydrogens is 278 g/mol. The number of hydrazone groups is 1. The fourth-order valence-corrected chi connectivity index (χ4v) is 2.26. The average molecular weight is 289 g/mol. The second-order valence-electron chi connectivity index (χ2n) is 3.93. The van der Waals surface area contributed by atoms with Gasteiger partial charge in [0.15, 0.2) is 0 Å². The highest BCUT2D eigenvalue weighted by atomic mass is 32.1. The first-order chi connectivity index (χ1) is 9.58. The molecule has 0 aliphatic rings. The number of nitrogens with one attached hydrogen (secondary N) is 1. The summed E-state index contributed by atoms with van der Waals surface area (Å²) in [6.45, 7) is 1.68. The largest absolute Gasteiger partial charge is 0.280 e. The van der Waals surface area contributed by atoms with E-state index in [4.69, 9.17) is 0 Å². The summed E-state index contributed by atoms with van der Waals surface area (Å²) >= 11 is 1.21. The van der Waals surface area contributed by atoms with Gasteiger partial charge in [-0.15, -0.1) is 11.3 Å². The maximum absolute atomic E-state index is 11.8. The topological polar surface area (TPSA) is 84.6 Å². The monoisotopic (exact) mass is 289 g/mol. The van der Waals surface area contributed by atoms with Crippen molar-refractivity contribution in [2.45, 2.75) is 6.92 Å². The van der Waals surface area contributed by atoms with E-state index >= 15 is 0 Å². The van der Waals surface area contributed by atoms with Gasteiger partial charge in [0.1, 0.15) is 0 Å². The van der Waals surface area contributed by atoms with E-state index in [9.17, 15) is 14.9 Å². The Bertz CT molecular complexity index is 665. The fourth-order valence-electron chi connectivity index (χ4n) is 1.46. The highest BCUT2D eigenvalue weighted by molar-refractivity contribution is 7.12. The van der Waals surface area contributed by atoms with Gasteiger partial charge in [-0.2, -0.15) is 5.10 Å². The number of carbonyl (C=O) groups excluding carboxylic acids is 1. The Hall–Kier alpha value is -2.54. The van der Waals surface area contributed by atoms with Crippen molar-refractivity contribution in [3.8, 4) is 0 Å². The lowest BCUT2D eigenvalue weighted by Crippen LogP contribution is -2.18. The number of hydrogen-bond acceptors (Lipinski definition) is 5. The zero-order valence-corrected chi connectivity index (χ0v) is 11.4. The molecule has 1 aromatic carbocycles. The second kappa shape index (κ2) is 6.07. The van der Waals surface area contributed by atoms with Crippen LogP contribution in [0.2, 0.25) is 0 Å². The Morgan fingerprint density at radius 2 is 2.05 bits per heavy atom. The van der Waals surface area contributed by atoms with E-state index in [1.165, 1.54) is 22.8 Å². The van der Waals surface area contributed by atoms with Gasteiger partial charge in [0, 0.05) is 11.6 Å². The summed E-state index contributed by atoms with van der Waals surface area (Å²) in [6, 6.07) is 10.1. The van der Waals surface area contributed by atoms with Gasteiger partial charge >= 0.3 is 0 Å². The van der Waals surface area contributed by atoms with Crippen molar-refractivity contribution in [1.29, 1.82) is 0 Å². The molecule has 1 N–H and O–H groups in total. The molecule has 6 nitrogen and oxygen atoms in total. The summed E-state index contributed by atoms with van der Waals surface area (Å²) < 4.78 is 0. The predicted octanol–water partition coefficient (Wildman–Crippen LogP) is 2.81. The van der Waals surface area contributed by atoms with Crippen LogP contribution < -0.4 is 5.43 Å². The zero-order valence-electron chi connectivity index (χ0n) is 10.6. The van der Waals surface area contributed by atoms with Crippen molar-refractivity contribution in [3.63, 3.8) is 0 Å². The lowest BCUT2D eigenvalue weighted by atomic mass is 10.2. The number of amides is 1. The molecule has 2 aromatic rings. The van der Waals surface area contributed by atoms with Gasteiger partial charge in [-0.3, -0.25) is 14.9 Å². The van der Waals surface area contributed by atoms with Crippen LogP contribution in [0.1, 0.15) is 22.2 Å². The van der Waals surface area contributed by atoms with Crippen molar-refractivity contribution in [3.05, 3.63) is 62.3 Å². The molecule has 102 valence electrons. The highest BCUT2D eigenvalue weighted by Gasteiger charge is 2.11. The van der Waals surface area contributed by atoms with E-state index < -0.39 is 4.92 Å². The molecule has 0 fully saturated rings. The molecular formula is C13H11N3O3S. The Morgan fingerprint density at radius 1 is 1.35 bits per heavy atom. The van der Waals surface area contributed by atoms with Crippen LogP contribution in [0, 0.1) is 10.1 Å². The number of nitro groups is 1. The van der Waals surface area contributed by atoms with Gasteiger partial charge < -0.3 is 0 Å². The number of carbonyl (C=O) groups is 1. The van der Waals surface area contributed by atoms with Crippen molar-refractivity contribution in [2.24, 2.45) is 5.10 Å². The summed E-state index contributed by atoms with van der Waals surface area (Å²) in [4.78, 5) is 22.5. The van der Waals surface area contributed by atoms with Crippen molar-refractivity contribution in [1.82, 2.24) is 5.43 Å². The number of nitrogens with zero attached hydrogens (tertiary/aromatic N) is 2. The van der Waals surface area contributed by atoms with E-state index in [-0.39, 0.29) is 11.6 Å². The highest BCUT2D eigenvalue weighted by Crippen LogP contribution is 2.21. The number of rotatable bonds is 4. The van der Waals surface area contributed by atoms with E-state index in [0.717, 1.165) is 0 Å². The van der Waals surface area contributed by atoms with Crippen molar-refractivity contribution >= 4 is 28.6 Å². The van der Waals surface area contributed by atoms with Crippen LogP contribution in [-0.2, 0) is 0 Å². The average Bonchev–Trinajstić information content (AvgIpc) is 2.95. The molecule has 0 saturated heterocycles. The fraction of sp³-hybridized carbons (Fsp3) is 0.0769. The van der Waals surface area contributed by atoms with Crippen molar-refractivity contribution < 1.29 is 9.72 Å². The van der Waals surface area contributed by atoms with Crippen LogP contribution in [0.3, 0.4) is 0 Å². The standard InChI is InChI=1S/C13H11N3O3S/c1-9(12-7-11(8-20-12)16(18)19)14-15-13(17)10-5-3-2-4-6-10/h2-8H,1H3,(H,15,17)/b14-9+. The number of thiophene rings is 1. The summed E-state index contributed by atoms with van der Waals surface area (Å²) in [6.07, 6.45) is 0. The first kappa shape index (κ1) is 13.9. The second-order valence-corrected chi connectivity index (χ2v) is 4.84. The number of hydrogen-bond donors (Lipinski definition) is 1. The third-order valence-electron chi connectivity index (χ3n) is 2.51. The molecule has 0 unspecified atom stereocenters. The Morgan fingerprint density at radius 3 is 2.65 bits per heavy atom. The number of benzene rings is 1. The van der Waals surface area contributed by atoms with E-state index in [1.807, 2.05) is 6.07 Å². The third-order valence-corrected chi connectivity index (χ3v) is 3.54. The van der Waals surface area contributed by atoms with Crippen LogP contribution in [-0.4, -0.2) is 16.5 Å². The summed E-state index contributed by atoms with van der Waals surface area (Å²) in [5.74, 6) is -0.323. The molecule has 0 radical (unpaired) electrons. The molecule has 1 amide bonds. The summed E-state index contributed by atoms with van der Waals surface area (Å²) in [7, 11) is 0. The molecule has 20 heavy (non-hydrogen) atoms. The van der Waals surface area contributed by atoms with E-state index in [0.29, 0.717) is 16.2 Å². The minimum atomic E-state index is -0.462. The Balaban J connectivity index is 2.07. The SMILES string of the molecule is C/C(=N\NC(=O)c1ccccc1)c1cc([N+](=O)[O-])cs1. The zero-order chi connectivity index (χ0) is 14.5. The minimum Gasteiger partial charge on any atom is -0.267 e. The Labute approximate surface area is 118 Å². The normalized spacial score (nSPS) is 11.2. The lowest BCUT2D eigenvalue weighted by molar-refractivity contribution is -0.384. The van der Waals surface area contributed by atoms with Crippen LogP contribution in [0.4, 0.5) is 5.69 Å². The molecule has 0 spiro atoms. The quantitative estimate of drug-likeness (QED) is 0.533. The van der Waals surface area contributed by atoms with Crippen LogP contribution in [0.25, 0.3) is 0 Å². The van der Waals surface area contributed by atoms with Gasteiger partial charge in [-0.25, -0.2) is 5.43 Å². The first-order valence-corrected chi connectivity index (χ1v) is 6.59. The summed E-state index contributed by atoms with van der Waals surface area (Å²) in [5, 5.41) is 16.0. The molecule has 0 aliphatic carbocycles. The van der Waals surface area contributed by atoms with Crippen LogP contribution >= 0.6 is 11.3 Å². The first-order valence-electron chi connectivity index (χ1n) is 5.71. The predicted molar refractivity (Wildman–Crippen MR) is 77.1 cm³/mol. The molecule has 7 heteroatoms. The third kappa shape index (κ3) is 3.27. The minimum absolute atomic E-state index is 0.0222. The molecule has 0 saturated carbocycles. The van der Waals surface area contributed by atoms with Gasteiger partial charge in [0.05, 0.1) is 20.9 Å². The lowest BCUT2D eigenvalue weighted by Gasteiger charge is -2.00. The molecule has 0 bridgehead atoms. The molecule has 1 heterocycles. The molecule has 1 aromatic heterocycles. The van der Waals surface area contributed by atoms with Gasteiger partial charge in [0.25, 0.3) is 11.6 Å². The molecule has 0 atom stereocenters. The van der Waals surface area contributed by atoms with Gasteiger partial charge in [-0.05, 0) is 19.1 Å². The van der Waals surface area contributed by atoms with Gasteiger partial charge in [-0.1, -0.05) is 18.2 Å². The van der Waals surface area contributed by atoms with E-state index in [1.54, 1.807) is 31.2 Å². The van der Waals surface area contributed by atoms with E-state index in [2.05, 4.69) is 10.5 Å². The molecule has 2 rings (SSSR count). The smallest absolute Gasteiger partial charge is 0.267 e. The molecule has 0 aliphatic heterocycles. The maximum atomic E-state index is 11.8. The maximum Gasteiger partial charge on any atom is 0.280 e. The van der Waals surface area contributed by atoms with Crippen LogP contribution in [0.5, 0.6) is 0 Å². The van der Waals surface area contributed by atoms with Gasteiger partial charge in [0.2, 0.25) is 0 Å². The Kier molecular flexibility index (Phi) is 4.21.